The van der Waals surface area contributed by atoms with Gasteiger partial charge in [-0.2, -0.15) is 0 Å². The van der Waals surface area contributed by atoms with Gasteiger partial charge in [0.1, 0.15) is 0 Å². The third-order valence-corrected chi connectivity index (χ3v) is 4.08. The first-order chi connectivity index (χ1) is 10.2. The van der Waals surface area contributed by atoms with E-state index < -0.39 is 0 Å². The summed E-state index contributed by atoms with van der Waals surface area (Å²) in [5, 5.41) is 3.04. The lowest BCUT2D eigenvalue weighted by Gasteiger charge is -2.04. The largest absolute Gasteiger partial charge is 0.360 e. The number of para-hydroxylation sites is 1. The van der Waals surface area contributed by atoms with Gasteiger partial charge in [-0.3, -0.25) is 0 Å². The second kappa shape index (κ2) is 4.61. The molecule has 0 aliphatic carbocycles. The topological polar surface area (TPSA) is 28.7 Å². The van der Waals surface area contributed by atoms with E-state index in [1.165, 1.54) is 10.9 Å². The van der Waals surface area contributed by atoms with Crippen molar-refractivity contribution in [3.8, 4) is 11.3 Å². The van der Waals surface area contributed by atoms with Crippen molar-refractivity contribution in [3.05, 3.63) is 65.3 Å². The highest BCUT2D eigenvalue weighted by Gasteiger charge is 2.09. The number of aryl methyl sites for hydroxylation is 1. The molecule has 0 unspecified atom stereocenters. The molecule has 0 aliphatic rings. The molecule has 1 N–H and O–H groups in total. The lowest BCUT2D eigenvalue weighted by molar-refractivity contribution is 1.36. The van der Waals surface area contributed by atoms with E-state index in [4.69, 9.17) is 16.6 Å². The number of hydrogen-bond acceptors (Lipinski definition) is 1. The molecule has 2 aromatic heterocycles. The van der Waals surface area contributed by atoms with Crippen molar-refractivity contribution in [2.24, 2.45) is 0 Å². The quantitative estimate of drug-likeness (QED) is 0.503. The van der Waals surface area contributed by atoms with Gasteiger partial charge in [0.2, 0.25) is 0 Å². The molecule has 0 amide bonds. The Bertz CT molecular complexity index is 969. The fourth-order valence-electron chi connectivity index (χ4n) is 2.76. The number of fused-ring (bicyclic) bond motifs is 2. The molecular weight excluding hydrogens is 280 g/mol. The van der Waals surface area contributed by atoms with E-state index in [-0.39, 0.29) is 0 Å². The predicted molar refractivity (Wildman–Crippen MR) is 88.8 cm³/mol. The SMILES string of the molecule is Cc1cccc2ccc(-c3c[nH]c4cc(Cl)ccc34)nc12. The average molecular weight is 293 g/mol. The number of nitrogens with one attached hydrogen (secondary N) is 1. The van der Waals surface area contributed by atoms with Crippen molar-refractivity contribution in [1.29, 1.82) is 0 Å². The van der Waals surface area contributed by atoms with Gasteiger partial charge in [-0.05, 0) is 30.7 Å². The van der Waals surface area contributed by atoms with E-state index in [0.29, 0.717) is 0 Å². The van der Waals surface area contributed by atoms with E-state index in [9.17, 15) is 0 Å². The summed E-state index contributed by atoms with van der Waals surface area (Å²) in [7, 11) is 0. The minimum atomic E-state index is 0.734. The maximum Gasteiger partial charge on any atom is 0.0738 e. The molecule has 3 heteroatoms. The summed E-state index contributed by atoms with van der Waals surface area (Å²) < 4.78 is 0. The Hall–Kier alpha value is -2.32. The van der Waals surface area contributed by atoms with Crippen LogP contribution in [-0.2, 0) is 0 Å². The molecule has 0 spiro atoms. The summed E-state index contributed by atoms with van der Waals surface area (Å²) in [4.78, 5) is 8.10. The van der Waals surface area contributed by atoms with E-state index >= 15 is 0 Å². The number of nitrogens with zero attached hydrogens (tertiary/aromatic N) is 1. The van der Waals surface area contributed by atoms with Crippen LogP contribution >= 0.6 is 11.6 Å². The van der Waals surface area contributed by atoms with Crippen LogP contribution in [0.25, 0.3) is 33.1 Å². The summed E-state index contributed by atoms with van der Waals surface area (Å²) in [5.74, 6) is 0. The number of aromatic nitrogens is 2. The molecule has 4 aromatic rings. The maximum absolute atomic E-state index is 6.04. The van der Waals surface area contributed by atoms with Crippen molar-refractivity contribution in [2.45, 2.75) is 6.92 Å². The highest BCUT2D eigenvalue weighted by Crippen LogP contribution is 2.30. The molecule has 0 saturated heterocycles. The molecule has 2 nitrogen and oxygen atoms in total. The first-order valence-corrected chi connectivity index (χ1v) is 7.23. The molecule has 0 aliphatic heterocycles. The number of aromatic amines is 1. The normalized spacial score (nSPS) is 11.3. The van der Waals surface area contributed by atoms with E-state index in [1.807, 2.05) is 24.4 Å². The number of benzene rings is 2. The molecule has 4 rings (SSSR count). The maximum atomic E-state index is 6.04. The van der Waals surface area contributed by atoms with Gasteiger partial charge in [-0.1, -0.05) is 41.9 Å². The number of hydrogen-bond donors (Lipinski definition) is 1. The van der Waals surface area contributed by atoms with E-state index in [2.05, 4.69) is 42.2 Å². The summed E-state index contributed by atoms with van der Waals surface area (Å²) in [5.41, 5.74) is 5.36. The van der Waals surface area contributed by atoms with Gasteiger partial charge in [0.25, 0.3) is 0 Å². The van der Waals surface area contributed by atoms with Gasteiger partial charge in [-0.15, -0.1) is 0 Å². The zero-order valence-corrected chi connectivity index (χ0v) is 12.3. The van der Waals surface area contributed by atoms with E-state index in [0.717, 1.165) is 32.7 Å². The fourth-order valence-corrected chi connectivity index (χ4v) is 2.93. The molecule has 21 heavy (non-hydrogen) atoms. The van der Waals surface area contributed by atoms with Gasteiger partial charge >= 0.3 is 0 Å². The summed E-state index contributed by atoms with van der Waals surface area (Å²) >= 11 is 6.04. The Morgan fingerprint density at radius 2 is 1.95 bits per heavy atom. The first kappa shape index (κ1) is 12.4. The van der Waals surface area contributed by atoms with Crippen LogP contribution in [0.5, 0.6) is 0 Å². The lowest BCUT2D eigenvalue weighted by atomic mass is 10.1. The summed E-state index contributed by atoms with van der Waals surface area (Å²) in [6.45, 7) is 2.09. The van der Waals surface area contributed by atoms with Gasteiger partial charge < -0.3 is 4.98 Å². The van der Waals surface area contributed by atoms with Gasteiger partial charge in [0.15, 0.2) is 0 Å². The molecule has 0 radical (unpaired) electrons. The van der Waals surface area contributed by atoms with Crippen molar-refractivity contribution >= 4 is 33.4 Å². The Balaban J connectivity index is 1.98. The Morgan fingerprint density at radius 3 is 2.86 bits per heavy atom. The predicted octanol–water partition coefficient (Wildman–Crippen LogP) is 5.34. The molecule has 0 atom stereocenters. The van der Waals surface area contributed by atoms with Gasteiger partial charge in [-0.25, -0.2) is 4.98 Å². The van der Waals surface area contributed by atoms with Crippen molar-refractivity contribution in [3.63, 3.8) is 0 Å². The smallest absolute Gasteiger partial charge is 0.0738 e. The third-order valence-electron chi connectivity index (χ3n) is 3.84. The number of H-pyrrole nitrogens is 1. The minimum absolute atomic E-state index is 0.734. The molecule has 0 bridgehead atoms. The molecule has 0 saturated carbocycles. The summed E-state index contributed by atoms with van der Waals surface area (Å²) in [6, 6.07) is 16.3. The van der Waals surface area contributed by atoms with Crippen LogP contribution in [0, 0.1) is 6.92 Å². The van der Waals surface area contributed by atoms with Crippen LogP contribution in [0.15, 0.2) is 54.7 Å². The second-order valence-electron chi connectivity index (χ2n) is 5.24. The number of halogens is 1. The van der Waals surface area contributed by atoms with Gasteiger partial charge in [0.05, 0.1) is 11.2 Å². The van der Waals surface area contributed by atoms with Crippen LogP contribution in [0.3, 0.4) is 0 Å². The Labute approximate surface area is 127 Å². The number of pyridine rings is 1. The molecule has 102 valence electrons. The highest BCUT2D eigenvalue weighted by molar-refractivity contribution is 6.31. The van der Waals surface area contributed by atoms with Crippen LogP contribution in [0.4, 0.5) is 0 Å². The first-order valence-electron chi connectivity index (χ1n) is 6.86. The van der Waals surface area contributed by atoms with Crippen molar-refractivity contribution < 1.29 is 0 Å². The lowest BCUT2D eigenvalue weighted by Crippen LogP contribution is -1.87. The molecule has 2 heterocycles. The Morgan fingerprint density at radius 1 is 1.05 bits per heavy atom. The fraction of sp³-hybridized carbons (Fsp3) is 0.0556. The van der Waals surface area contributed by atoms with Crippen molar-refractivity contribution in [2.75, 3.05) is 0 Å². The standard InChI is InChI=1S/C18H13ClN2/c1-11-3-2-4-12-5-8-16(21-18(11)12)15-10-20-17-9-13(19)6-7-14(15)17/h2-10,20H,1H3. The zero-order chi connectivity index (χ0) is 14.4. The van der Waals surface area contributed by atoms with Gasteiger partial charge in [0, 0.05) is 33.1 Å². The highest BCUT2D eigenvalue weighted by atomic mass is 35.5. The molecule has 2 aromatic carbocycles. The van der Waals surface area contributed by atoms with Crippen LogP contribution in [0.2, 0.25) is 5.02 Å². The van der Waals surface area contributed by atoms with Crippen LogP contribution in [0.1, 0.15) is 5.56 Å². The zero-order valence-electron chi connectivity index (χ0n) is 11.5. The average Bonchev–Trinajstić information content (AvgIpc) is 2.90. The number of rotatable bonds is 1. The molecular formula is C18H13ClN2. The summed E-state index contributed by atoms with van der Waals surface area (Å²) in [6.07, 6.45) is 1.99. The minimum Gasteiger partial charge on any atom is -0.360 e. The van der Waals surface area contributed by atoms with E-state index in [1.54, 1.807) is 0 Å². The monoisotopic (exact) mass is 292 g/mol. The van der Waals surface area contributed by atoms with Crippen molar-refractivity contribution in [1.82, 2.24) is 9.97 Å². The van der Waals surface area contributed by atoms with Crippen LogP contribution < -0.4 is 0 Å². The van der Waals surface area contributed by atoms with Crippen LogP contribution in [-0.4, -0.2) is 9.97 Å². The molecule has 0 fully saturated rings. The Kier molecular flexibility index (Phi) is 2.72. The second-order valence-corrected chi connectivity index (χ2v) is 5.67. The third kappa shape index (κ3) is 1.99.